The average Bonchev–Trinajstić information content (AvgIpc) is 2.32. The first kappa shape index (κ1) is 12.4. The van der Waals surface area contributed by atoms with E-state index in [1.54, 1.807) is 6.07 Å². The number of benzene rings is 1. The summed E-state index contributed by atoms with van der Waals surface area (Å²) in [6.07, 6.45) is 1.85. The van der Waals surface area contributed by atoms with E-state index in [0.717, 1.165) is 30.2 Å². The topological polar surface area (TPSA) is 63.8 Å². The van der Waals surface area contributed by atoms with E-state index in [9.17, 15) is 0 Å². The highest BCUT2D eigenvalue weighted by molar-refractivity contribution is 5.58. The Kier molecular flexibility index (Phi) is 3.77. The van der Waals surface area contributed by atoms with Crippen molar-refractivity contribution in [1.82, 2.24) is 9.97 Å². The molecule has 1 aromatic heterocycles. The summed E-state index contributed by atoms with van der Waals surface area (Å²) < 4.78 is 0. The van der Waals surface area contributed by atoms with Crippen LogP contribution in [0.2, 0.25) is 0 Å². The van der Waals surface area contributed by atoms with Crippen molar-refractivity contribution in [3.63, 3.8) is 0 Å². The fourth-order valence-corrected chi connectivity index (χ4v) is 1.70. The molecular weight excluding hydrogens is 224 g/mol. The van der Waals surface area contributed by atoms with E-state index in [1.807, 2.05) is 12.1 Å². The molecule has 2 aromatic rings. The number of aryl methyl sites for hydroxylation is 2. The molecule has 2 rings (SSSR count). The fourth-order valence-electron chi connectivity index (χ4n) is 1.70. The quantitative estimate of drug-likeness (QED) is 0.864. The summed E-state index contributed by atoms with van der Waals surface area (Å²) in [6.45, 7) is 4.16. The minimum atomic E-state index is 0.503. The highest BCUT2D eigenvalue weighted by Crippen LogP contribution is 2.17. The van der Waals surface area contributed by atoms with Gasteiger partial charge in [0.25, 0.3) is 0 Å². The molecular formula is C14H18N4. The van der Waals surface area contributed by atoms with Crippen molar-refractivity contribution in [2.24, 2.45) is 0 Å². The Hall–Kier alpha value is -2.10. The number of aromatic nitrogens is 2. The summed E-state index contributed by atoms with van der Waals surface area (Å²) in [6, 6.07) is 9.90. The van der Waals surface area contributed by atoms with Crippen molar-refractivity contribution < 1.29 is 0 Å². The zero-order valence-electron chi connectivity index (χ0n) is 10.8. The molecule has 0 unspecified atom stereocenters. The van der Waals surface area contributed by atoms with Crippen LogP contribution >= 0.6 is 0 Å². The van der Waals surface area contributed by atoms with Gasteiger partial charge in [-0.2, -0.15) is 0 Å². The maximum absolute atomic E-state index is 5.78. The Labute approximate surface area is 107 Å². The smallest absolute Gasteiger partial charge is 0.136 e. The van der Waals surface area contributed by atoms with Gasteiger partial charge in [0.1, 0.15) is 17.5 Å². The Bertz CT molecular complexity index is 520. The molecule has 0 atom stereocenters. The van der Waals surface area contributed by atoms with Crippen LogP contribution < -0.4 is 11.1 Å². The Balaban J connectivity index is 2.20. The molecule has 94 valence electrons. The van der Waals surface area contributed by atoms with Gasteiger partial charge in [0.15, 0.2) is 0 Å². The molecule has 0 aliphatic heterocycles. The summed E-state index contributed by atoms with van der Waals surface area (Å²) in [5.74, 6) is 2.03. The van der Waals surface area contributed by atoms with Crippen molar-refractivity contribution in [3.05, 3.63) is 41.7 Å². The van der Waals surface area contributed by atoms with Crippen LogP contribution in [0.4, 0.5) is 17.3 Å². The number of hydrogen-bond acceptors (Lipinski definition) is 4. The van der Waals surface area contributed by atoms with E-state index in [1.165, 1.54) is 5.56 Å². The highest BCUT2D eigenvalue weighted by Gasteiger charge is 2.02. The maximum atomic E-state index is 5.78. The number of anilines is 3. The first-order valence-corrected chi connectivity index (χ1v) is 6.14. The summed E-state index contributed by atoms with van der Waals surface area (Å²) >= 11 is 0. The second-order valence-corrected chi connectivity index (χ2v) is 4.34. The average molecular weight is 242 g/mol. The third kappa shape index (κ3) is 3.20. The SMILES string of the molecule is CCCc1nc(N)cc(Nc2ccc(C)cc2)n1. The molecule has 0 aliphatic carbocycles. The number of nitrogens with one attached hydrogen (secondary N) is 1. The van der Waals surface area contributed by atoms with E-state index in [-0.39, 0.29) is 0 Å². The molecule has 0 radical (unpaired) electrons. The molecule has 0 spiro atoms. The van der Waals surface area contributed by atoms with Gasteiger partial charge >= 0.3 is 0 Å². The molecule has 0 fully saturated rings. The van der Waals surface area contributed by atoms with E-state index in [0.29, 0.717) is 5.82 Å². The van der Waals surface area contributed by atoms with Crippen LogP contribution in [0.15, 0.2) is 30.3 Å². The number of nitrogens with two attached hydrogens (primary N) is 1. The van der Waals surface area contributed by atoms with Crippen LogP contribution in [0.3, 0.4) is 0 Å². The van der Waals surface area contributed by atoms with Crippen LogP contribution in [-0.2, 0) is 6.42 Å². The molecule has 4 heteroatoms. The van der Waals surface area contributed by atoms with Crippen molar-refractivity contribution in [1.29, 1.82) is 0 Å². The number of hydrogen-bond donors (Lipinski definition) is 2. The number of nitrogen functional groups attached to an aromatic ring is 1. The third-order valence-corrected chi connectivity index (χ3v) is 2.59. The first-order valence-electron chi connectivity index (χ1n) is 6.14. The normalized spacial score (nSPS) is 10.3. The second kappa shape index (κ2) is 5.49. The van der Waals surface area contributed by atoms with Gasteiger partial charge in [0.2, 0.25) is 0 Å². The number of nitrogens with zero attached hydrogens (tertiary/aromatic N) is 2. The van der Waals surface area contributed by atoms with Crippen LogP contribution in [0, 0.1) is 6.92 Å². The van der Waals surface area contributed by atoms with Gasteiger partial charge in [0, 0.05) is 18.2 Å². The van der Waals surface area contributed by atoms with Crippen molar-refractivity contribution in [3.8, 4) is 0 Å². The van der Waals surface area contributed by atoms with Crippen molar-refractivity contribution in [2.45, 2.75) is 26.7 Å². The molecule has 0 bridgehead atoms. The Morgan fingerprint density at radius 3 is 2.56 bits per heavy atom. The Morgan fingerprint density at radius 2 is 1.89 bits per heavy atom. The predicted octanol–water partition coefficient (Wildman–Crippen LogP) is 3.06. The van der Waals surface area contributed by atoms with Crippen LogP contribution in [0.5, 0.6) is 0 Å². The zero-order chi connectivity index (χ0) is 13.0. The van der Waals surface area contributed by atoms with E-state index < -0.39 is 0 Å². The third-order valence-electron chi connectivity index (χ3n) is 2.59. The second-order valence-electron chi connectivity index (χ2n) is 4.34. The maximum Gasteiger partial charge on any atom is 0.136 e. The van der Waals surface area contributed by atoms with Crippen molar-refractivity contribution in [2.75, 3.05) is 11.1 Å². The lowest BCUT2D eigenvalue weighted by Crippen LogP contribution is -2.03. The van der Waals surface area contributed by atoms with Crippen molar-refractivity contribution >= 4 is 17.3 Å². The van der Waals surface area contributed by atoms with Gasteiger partial charge in [-0.3, -0.25) is 0 Å². The van der Waals surface area contributed by atoms with Crippen LogP contribution in [0.1, 0.15) is 24.7 Å². The lowest BCUT2D eigenvalue weighted by molar-refractivity contribution is 0.839. The molecule has 3 N–H and O–H groups in total. The molecule has 1 heterocycles. The van der Waals surface area contributed by atoms with Gasteiger partial charge in [0.05, 0.1) is 0 Å². The summed E-state index contributed by atoms with van der Waals surface area (Å²) in [5, 5.41) is 3.24. The minimum absolute atomic E-state index is 0.503. The van der Waals surface area contributed by atoms with Crippen LogP contribution in [-0.4, -0.2) is 9.97 Å². The van der Waals surface area contributed by atoms with Gasteiger partial charge in [-0.05, 0) is 25.5 Å². The monoisotopic (exact) mass is 242 g/mol. The Morgan fingerprint density at radius 1 is 1.17 bits per heavy atom. The lowest BCUT2D eigenvalue weighted by Gasteiger charge is -2.08. The molecule has 1 aromatic carbocycles. The van der Waals surface area contributed by atoms with Gasteiger partial charge in [-0.1, -0.05) is 24.6 Å². The molecule has 0 amide bonds. The molecule has 4 nitrogen and oxygen atoms in total. The van der Waals surface area contributed by atoms with E-state index in [4.69, 9.17) is 5.73 Å². The molecule has 0 aliphatic rings. The molecule has 0 saturated carbocycles. The zero-order valence-corrected chi connectivity index (χ0v) is 10.8. The minimum Gasteiger partial charge on any atom is -0.384 e. The standard InChI is InChI=1S/C14H18N4/c1-3-4-13-17-12(15)9-14(18-13)16-11-7-5-10(2)6-8-11/h5-9H,3-4H2,1-2H3,(H3,15,16,17,18). The fraction of sp³-hybridized carbons (Fsp3) is 0.286. The number of rotatable bonds is 4. The lowest BCUT2D eigenvalue weighted by atomic mass is 10.2. The van der Waals surface area contributed by atoms with E-state index >= 15 is 0 Å². The molecule has 0 saturated heterocycles. The summed E-state index contributed by atoms with van der Waals surface area (Å²) in [4.78, 5) is 8.64. The van der Waals surface area contributed by atoms with Crippen LogP contribution in [0.25, 0.3) is 0 Å². The van der Waals surface area contributed by atoms with Gasteiger partial charge < -0.3 is 11.1 Å². The first-order chi connectivity index (χ1) is 8.67. The van der Waals surface area contributed by atoms with Gasteiger partial charge in [-0.25, -0.2) is 9.97 Å². The molecule has 18 heavy (non-hydrogen) atoms. The summed E-state index contributed by atoms with van der Waals surface area (Å²) in [5.41, 5.74) is 8.01. The largest absolute Gasteiger partial charge is 0.384 e. The van der Waals surface area contributed by atoms with E-state index in [2.05, 4.69) is 41.3 Å². The summed E-state index contributed by atoms with van der Waals surface area (Å²) in [7, 11) is 0. The predicted molar refractivity (Wildman–Crippen MR) is 74.9 cm³/mol. The van der Waals surface area contributed by atoms with Gasteiger partial charge in [-0.15, -0.1) is 0 Å². The highest BCUT2D eigenvalue weighted by atomic mass is 15.0.